The predicted octanol–water partition coefficient (Wildman–Crippen LogP) is 3.52. The van der Waals surface area contributed by atoms with Gasteiger partial charge in [0.15, 0.2) is 17.5 Å². The van der Waals surface area contributed by atoms with Crippen molar-refractivity contribution in [3.8, 4) is 11.5 Å². The van der Waals surface area contributed by atoms with Gasteiger partial charge in [-0.15, -0.1) is 0 Å². The maximum absolute atomic E-state index is 5.73. The van der Waals surface area contributed by atoms with E-state index >= 15 is 0 Å². The van der Waals surface area contributed by atoms with Gasteiger partial charge in [0, 0.05) is 25.3 Å². The van der Waals surface area contributed by atoms with Gasteiger partial charge < -0.3 is 20.1 Å². The molecule has 1 unspecified atom stereocenters. The molecule has 0 fully saturated rings. The number of aromatic nitrogens is 2. The molecule has 0 saturated heterocycles. The summed E-state index contributed by atoms with van der Waals surface area (Å²) in [4.78, 5) is 4.76. The highest BCUT2D eigenvalue weighted by atomic mass is 16.5. The molecule has 1 heterocycles. The van der Waals surface area contributed by atoms with Gasteiger partial charge in [-0.05, 0) is 63.8 Å². The van der Waals surface area contributed by atoms with Crippen LogP contribution < -0.4 is 20.1 Å². The Morgan fingerprint density at radius 3 is 2.60 bits per heavy atom. The zero-order chi connectivity index (χ0) is 22.1. The van der Waals surface area contributed by atoms with Crippen LogP contribution in [0.2, 0.25) is 0 Å². The lowest BCUT2D eigenvalue weighted by molar-refractivity contribution is 0.294. The number of rotatable bonds is 10. The van der Waals surface area contributed by atoms with E-state index in [4.69, 9.17) is 14.5 Å². The van der Waals surface area contributed by atoms with Crippen molar-refractivity contribution in [2.24, 2.45) is 12.0 Å². The van der Waals surface area contributed by atoms with Gasteiger partial charge in [0.05, 0.1) is 26.0 Å². The van der Waals surface area contributed by atoms with E-state index in [1.54, 1.807) is 7.11 Å². The third-order valence-corrected chi connectivity index (χ3v) is 5.01. The van der Waals surface area contributed by atoms with Crippen molar-refractivity contribution in [2.45, 2.75) is 60.0 Å². The molecule has 0 aliphatic heterocycles. The van der Waals surface area contributed by atoms with Gasteiger partial charge in [0.25, 0.3) is 0 Å². The number of hydrogen-bond donors (Lipinski definition) is 2. The zero-order valence-electron chi connectivity index (χ0n) is 19.5. The number of benzene rings is 1. The third-order valence-electron chi connectivity index (χ3n) is 5.01. The minimum atomic E-state index is 0.226. The van der Waals surface area contributed by atoms with Gasteiger partial charge >= 0.3 is 0 Å². The van der Waals surface area contributed by atoms with Crippen LogP contribution in [0.5, 0.6) is 11.5 Å². The zero-order valence-corrected chi connectivity index (χ0v) is 19.5. The Balaban J connectivity index is 2.06. The SMILES string of the molecule is CCCOc1ccc(CN=C(NCC)NC(C)Cc2c(C)nn(C)c2C)cc1OC. The number of aryl methyl sites for hydroxylation is 2. The summed E-state index contributed by atoms with van der Waals surface area (Å²) in [5.41, 5.74) is 4.66. The summed E-state index contributed by atoms with van der Waals surface area (Å²) in [6, 6.07) is 6.20. The molecule has 0 aliphatic rings. The van der Waals surface area contributed by atoms with E-state index in [-0.39, 0.29) is 6.04 Å². The second-order valence-corrected chi connectivity index (χ2v) is 7.55. The van der Waals surface area contributed by atoms with Gasteiger partial charge in [0.1, 0.15) is 0 Å². The van der Waals surface area contributed by atoms with E-state index in [1.807, 2.05) is 29.9 Å². The van der Waals surface area contributed by atoms with Crippen LogP contribution in [0.3, 0.4) is 0 Å². The molecular formula is C23H37N5O2. The summed E-state index contributed by atoms with van der Waals surface area (Å²) in [5, 5.41) is 11.4. The molecule has 7 nitrogen and oxygen atoms in total. The first-order valence-electron chi connectivity index (χ1n) is 10.7. The molecule has 1 atom stereocenters. The van der Waals surface area contributed by atoms with E-state index in [9.17, 15) is 0 Å². The number of ether oxygens (including phenoxy) is 2. The molecule has 0 saturated carbocycles. The van der Waals surface area contributed by atoms with Crippen molar-refractivity contribution in [2.75, 3.05) is 20.3 Å². The minimum absolute atomic E-state index is 0.226. The van der Waals surface area contributed by atoms with Crippen LogP contribution in [0.1, 0.15) is 49.7 Å². The maximum atomic E-state index is 5.73. The quantitative estimate of drug-likeness (QED) is 0.459. The molecule has 1 aromatic heterocycles. The fourth-order valence-corrected chi connectivity index (χ4v) is 3.34. The number of nitrogens with zero attached hydrogens (tertiary/aromatic N) is 3. The molecule has 166 valence electrons. The summed E-state index contributed by atoms with van der Waals surface area (Å²) < 4.78 is 13.2. The van der Waals surface area contributed by atoms with Crippen LogP contribution in [-0.2, 0) is 20.0 Å². The molecule has 7 heteroatoms. The number of nitrogens with one attached hydrogen (secondary N) is 2. The number of methoxy groups -OCH3 is 1. The number of aliphatic imine (C=N–C) groups is 1. The molecule has 0 spiro atoms. The van der Waals surface area contributed by atoms with Crippen LogP contribution in [0.15, 0.2) is 23.2 Å². The van der Waals surface area contributed by atoms with Crippen molar-refractivity contribution < 1.29 is 9.47 Å². The Morgan fingerprint density at radius 1 is 1.23 bits per heavy atom. The summed E-state index contributed by atoms with van der Waals surface area (Å²) >= 11 is 0. The summed E-state index contributed by atoms with van der Waals surface area (Å²) in [6.45, 7) is 12.5. The fourth-order valence-electron chi connectivity index (χ4n) is 3.34. The summed E-state index contributed by atoms with van der Waals surface area (Å²) in [6.07, 6.45) is 1.86. The highest BCUT2D eigenvalue weighted by molar-refractivity contribution is 5.80. The Labute approximate surface area is 180 Å². The average Bonchev–Trinajstić information content (AvgIpc) is 2.96. The van der Waals surface area contributed by atoms with Crippen molar-refractivity contribution in [1.29, 1.82) is 0 Å². The highest BCUT2D eigenvalue weighted by Gasteiger charge is 2.14. The molecule has 0 amide bonds. The lowest BCUT2D eigenvalue weighted by Crippen LogP contribution is -2.43. The van der Waals surface area contributed by atoms with Crippen LogP contribution in [-0.4, -0.2) is 42.0 Å². The summed E-state index contributed by atoms with van der Waals surface area (Å²) in [5.74, 6) is 2.31. The normalized spacial score (nSPS) is 12.6. The van der Waals surface area contributed by atoms with Crippen molar-refractivity contribution in [3.63, 3.8) is 0 Å². The van der Waals surface area contributed by atoms with E-state index in [0.717, 1.165) is 48.1 Å². The first kappa shape index (κ1) is 23.6. The molecule has 1 aromatic carbocycles. The minimum Gasteiger partial charge on any atom is -0.493 e. The Kier molecular flexibility index (Phi) is 9.02. The monoisotopic (exact) mass is 415 g/mol. The van der Waals surface area contributed by atoms with Crippen LogP contribution in [0.4, 0.5) is 0 Å². The molecule has 0 aliphatic carbocycles. The Bertz CT molecular complexity index is 844. The first-order valence-corrected chi connectivity index (χ1v) is 10.7. The van der Waals surface area contributed by atoms with E-state index in [0.29, 0.717) is 13.2 Å². The lowest BCUT2D eigenvalue weighted by atomic mass is 10.1. The van der Waals surface area contributed by atoms with E-state index in [2.05, 4.69) is 50.4 Å². The van der Waals surface area contributed by atoms with Crippen molar-refractivity contribution >= 4 is 5.96 Å². The largest absolute Gasteiger partial charge is 0.493 e. The average molecular weight is 416 g/mol. The van der Waals surface area contributed by atoms with Crippen molar-refractivity contribution in [1.82, 2.24) is 20.4 Å². The Morgan fingerprint density at radius 2 is 2.00 bits per heavy atom. The molecular weight excluding hydrogens is 378 g/mol. The predicted molar refractivity (Wildman–Crippen MR) is 123 cm³/mol. The van der Waals surface area contributed by atoms with Gasteiger partial charge in [0.2, 0.25) is 0 Å². The lowest BCUT2D eigenvalue weighted by Gasteiger charge is -2.18. The first-order chi connectivity index (χ1) is 14.4. The maximum Gasteiger partial charge on any atom is 0.191 e. The van der Waals surface area contributed by atoms with Crippen LogP contribution in [0.25, 0.3) is 0 Å². The van der Waals surface area contributed by atoms with Gasteiger partial charge in [-0.25, -0.2) is 4.99 Å². The fraction of sp³-hybridized carbons (Fsp3) is 0.565. The summed E-state index contributed by atoms with van der Waals surface area (Å²) in [7, 11) is 3.65. The molecule has 0 radical (unpaired) electrons. The molecule has 2 N–H and O–H groups in total. The highest BCUT2D eigenvalue weighted by Crippen LogP contribution is 2.28. The number of guanidine groups is 1. The molecule has 30 heavy (non-hydrogen) atoms. The van der Waals surface area contributed by atoms with Gasteiger partial charge in [-0.3, -0.25) is 4.68 Å². The van der Waals surface area contributed by atoms with Crippen LogP contribution >= 0.6 is 0 Å². The van der Waals surface area contributed by atoms with E-state index in [1.165, 1.54) is 11.3 Å². The molecule has 2 rings (SSSR count). The molecule has 2 aromatic rings. The molecule has 0 bridgehead atoms. The standard InChI is InChI=1S/C23H37N5O2/c1-8-12-30-21-11-10-19(14-22(21)29-7)15-25-23(24-9-2)26-16(3)13-20-17(4)27-28(6)18(20)5/h10-11,14,16H,8-9,12-13,15H2,1-7H3,(H2,24,25,26). The van der Waals surface area contributed by atoms with Crippen molar-refractivity contribution in [3.05, 3.63) is 40.7 Å². The van der Waals surface area contributed by atoms with Gasteiger partial charge in [-0.2, -0.15) is 5.10 Å². The topological polar surface area (TPSA) is 72.7 Å². The second kappa shape index (κ2) is 11.5. The smallest absolute Gasteiger partial charge is 0.191 e. The van der Waals surface area contributed by atoms with Crippen LogP contribution in [0, 0.1) is 13.8 Å². The van der Waals surface area contributed by atoms with E-state index < -0.39 is 0 Å². The third kappa shape index (κ3) is 6.40. The second-order valence-electron chi connectivity index (χ2n) is 7.55. The number of hydrogen-bond acceptors (Lipinski definition) is 4. The Hall–Kier alpha value is -2.70. The van der Waals surface area contributed by atoms with Gasteiger partial charge in [-0.1, -0.05) is 13.0 Å².